The Bertz CT molecular complexity index is 1260. The molecule has 140 valence electrons. The molecule has 0 spiro atoms. The molecule has 2 heterocycles. The Morgan fingerprint density at radius 2 is 1.61 bits per heavy atom. The number of H-pyrrole nitrogens is 1. The van der Waals surface area contributed by atoms with Gasteiger partial charge in [0.15, 0.2) is 5.78 Å². The maximum absolute atomic E-state index is 13.2. The van der Waals surface area contributed by atoms with Gasteiger partial charge in [-0.05, 0) is 0 Å². The van der Waals surface area contributed by atoms with E-state index in [1.807, 2.05) is 0 Å². The number of nitrogens with one attached hydrogen (secondary N) is 1. The van der Waals surface area contributed by atoms with E-state index in [2.05, 4.69) is 9.97 Å². The van der Waals surface area contributed by atoms with Gasteiger partial charge in [-0.25, -0.2) is 4.98 Å². The van der Waals surface area contributed by atoms with Gasteiger partial charge in [-0.3, -0.25) is 9.59 Å². The van der Waals surface area contributed by atoms with Crippen molar-refractivity contribution < 1.29 is 19.8 Å². The Balaban J connectivity index is 0.00000192. The Kier molecular flexibility index (Phi) is 3.97. The smallest absolute Gasteiger partial charge is 0.214 e. The van der Waals surface area contributed by atoms with E-state index in [1.54, 1.807) is 53.8 Å². The predicted molar refractivity (Wildman–Crippen MR) is 104 cm³/mol. The van der Waals surface area contributed by atoms with Crippen LogP contribution in [0.3, 0.4) is 0 Å². The number of hydrogen-bond acceptors (Lipinski definition) is 5. The Hall–Kier alpha value is -3.58. The summed E-state index contributed by atoms with van der Waals surface area (Å²) in [7, 11) is 0. The molecule has 4 aromatic rings. The molecular formula is C20H14ClN3O4. The predicted octanol–water partition coefficient (Wildman–Crippen LogP) is 3.02. The number of carbonyl (C=O) groups excluding carboxylic acids is 2. The van der Waals surface area contributed by atoms with E-state index in [0.29, 0.717) is 22.9 Å². The molecule has 8 heteroatoms. The molecule has 0 atom stereocenters. The topological polar surface area (TPSA) is 108 Å². The van der Waals surface area contributed by atoms with Crippen molar-refractivity contribution in [3.05, 3.63) is 77.1 Å². The normalized spacial score (nSPS) is 12.6. The summed E-state index contributed by atoms with van der Waals surface area (Å²) in [5.41, 5.74) is 0.618. The van der Waals surface area contributed by atoms with E-state index >= 15 is 0 Å². The van der Waals surface area contributed by atoms with Crippen LogP contribution in [-0.2, 0) is 6.54 Å². The SMILES string of the molecule is Cl.O=C1c2[nH]cc(Cn3ccnc3)c2C(=O)c2c1c(O)c1ccccc1c2O. The first kappa shape index (κ1) is 17.8. The first-order valence-electron chi connectivity index (χ1n) is 8.30. The fourth-order valence-corrected chi connectivity index (χ4v) is 3.70. The van der Waals surface area contributed by atoms with Gasteiger partial charge in [0.2, 0.25) is 5.78 Å². The van der Waals surface area contributed by atoms with E-state index in [4.69, 9.17) is 0 Å². The number of hydrogen-bond donors (Lipinski definition) is 3. The monoisotopic (exact) mass is 395 g/mol. The lowest BCUT2D eigenvalue weighted by Crippen LogP contribution is -2.22. The summed E-state index contributed by atoms with van der Waals surface area (Å²) in [5.74, 6) is -1.60. The Labute approximate surface area is 164 Å². The summed E-state index contributed by atoms with van der Waals surface area (Å²) >= 11 is 0. The van der Waals surface area contributed by atoms with Gasteiger partial charge in [0, 0.05) is 34.9 Å². The quantitative estimate of drug-likeness (QED) is 0.398. The molecule has 0 radical (unpaired) electrons. The summed E-state index contributed by atoms with van der Waals surface area (Å²) in [4.78, 5) is 33.1. The molecule has 0 unspecified atom stereocenters. The van der Waals surface area contributed by atoms with Crippen molar-refractivity contribution >= 4 is 34.7 Å². The number of nitrogens with zero attached hydrogens (tertiary/aromatic N) is 2. The zero-order valence-corrected chi connectivity index (χ0v) is 15.2. The lowest BCUT2D eigenvalue weighted by molar-refractivity contribution is 0.0972. The minimum Gasteiger partial charge on any atom is -0.506 e. The Morgan fingerprint density at radius 3 is 2.21 bits per heavy atom. The average Bonchev–Trinajstić information content (AvgIpc) is 3.33. The number of phenols is 2. The van der Waals surface area contributed by atoms with Gasteiger partial charge < -0.3 is 19.8 Å². The molecule has 3 N–H and O–H groups in total. The number of imidazole rings is 1. The van der Waals surface area contributed by atoms with Gasteiger partial charge >= 0.3 is 0 Å². The molecule has 2 aromatic carbocycles. The number of aromatic hydroxyl groups is 2. The number of rotatable bonds is 2. The fourth-order valence-electron chi connectivity index (χ4n) is 3.70. The molecule has 28 heavy (non-hydrogen) atoms. The zero-order valence-electron chi connectivity index (χ0n) is 14.3. The van der Waals surface area contributed by atoms with Crippen molar-refractivity contribution in [3.63, 3.8) is 0 Å². The van der Waals surface area contributed by atoms with Crippen molar-refractivity contribution in [2.24, 2.45) is 0 Å². The number of ketones is 2. The van der Waals surface area contributed by atoms with Gasteiger partial charge in [-0.2, -0.15) is 0 Å². The van der Waals surface area contributed by atoms with Crippen molar-refractivity contribution in [1.29, 1.82) is 0 Å². The maximum atomic E-state index is 13.2. The van der Waals surface area contributed by atoms with Crippen LogP contribution in [0.15, 0.2) is 49.2 Å². The number of fused-ring (bicyclic) bond motifs is 3. The van der Waals surface area contributed by atoms with E-state index < -0.39 is 11.6 Å². The maximum Gasteiger partial charge on any atom is 0.214 e. The van der Waals surface area contributed by atoms with Gasteiger partial charge in [-0.1, -0.05) is 24.3 Å². The van der Waals surface area contributed by atoms with Gasteiger partial charge in [-0.15, -0.1) is 12.4 Å². The van der Waals surface area contributed by atoms with E-state index in [9.17, 15) is 19.8 Å². The van der Waals surface area contributed by atoms with Crippen LogP contribution in [-0.4, -0.2) is 36.3 Å². The minimum absolute atomic E-state index is 0. The number of aromatic amines is 1. The highest BCUT2D eigenvalue weighted by Crippen LogP contribution is 2.44. The third kappa shape index (κ3) is 2.26. The van der Waals surface area contributed by atoms with Gasteiger partial charge in [0.25, 0.3) is 0 Å². The highest BCUT2D eigenvalue weighted by Gasteiger charge is 2.38. The van der Waals surface area contributed by atoms with E-state index in [0.717, 1.165) is 0 Å². The van der Waals surface area contributed by atoms with Crippen LogP contribution in [0.25, 0.3) is 10.8 Å². The van der Waals surface area contributed by atoms with Crippen LogP contribution in [0.2, 0.25) is 0 Å². The van der Waals surface area contributed by atoms with Crippen molar-refractivity contribution in [2.75, 3.05) is 0 Å². The molecule has 1 aliphatic carbocycles. The third-order valence-corrected chi connectivity index (χ3v) is 4.94. The number of carbonyl (C=O) groups is 2. The van der Waals surface area contributed by atoms with Gasteiger partial charge in [0.1, 0.15) is 11.5 Å². The largest absolute Gasteiger partial charge is 0.506 e. The molecule has 0 saturated heterocycles. The summed E-state index contributed by atoms with van der Waals surface area (Å²) in [6.07, 6.45) is 6.58. The van der Waals surface area contributed by atoms with Crippen molar-refractivity contribution in [1.82, 2.24) is 14.5 Å². The summed E-state index contributed by atoms with van der Waals surface area (Å²) in [6.45, 7) is 0.348. The molecular weight excluding hydrogens is 382 g/mol. The number of benzene rings is 2. The summed E-state index contributed by atoms with van der Waals surface area (Å²) < 4.78 is 1.77. The molecule has 0 aliphatic heterocycles. The van der Waals surface area contributed by atoms with E-state index in [1.165, 1.54) is 0 Å². The highest BCUT2D eigenvalue weighted by atomic mass is 35.5. The van der Waals surface area contributed by atoms with Crippen molar-refractivity contribution in [2.45, 2.75) is 6.54 Å². The zero-order chi connectivity index (χ0) is 18.7. The third-order valence-electron chi connectivity index (χ3n) is 4.94. The lowest BCUT2D eigenvalue weighted by atomic mass is 9.83. The molecule has 5 rings (SSSR count). The molecule has 0 bridgehead atoms. The molecule has 1 aliphatic rings. The second-order valence-electron chi connectivity index (χ2n) is 6.45. The van der Waals surface area contributed by atoms with Crippen LogP contribution < -0.4 is 0 Å². The van der Waals surface area contributed by atoms with E-state index in [-0.39, 0.29) is 46.3 Å². The molecule has 7 nitrogen and oxygen atoms in total. The molecule has 0 fully saturated rings. The van der Waals surface area contributed by atoms with Gasteiger partial charge in [0.05, 0.1) is 35.3 Å². The second-order valence-corrected chi connectivity index (χ2v) is 6.45. The second kappa shape index (κ2) is 6.24. The van der Waals surface area contributed by atoms with Crippen LogP contribution >= 0.6 is 12.4 Å². The first-order valence-corrected chi connectivity index (χ1v) is 8.30. The number of halogens is 1. The van der Waals surface area contributed by atoms with Crippen LogP contribution in [0.5, 0.6) is 11.5 Å². The first-order chi connectivity index (χ1) is 13.1. The average molecular weight is 396 g/mol. The number of phenolic OH excluding ortho intramolecular Hbond substituents is 2. The highest BCUT2D eigenvalue weighted by molar-refractivity contribution is 6.32. The van der Waals surface area contributed by atoms with Crippen LogP contribution in [0.4, 0.5) is 0 Å². The van der Waals surface area contributed by atoms with Crippen LogP contribution in [0, 0.1) is 0 Å². The molecule has 0 amide bonds. The lowest BCUT2D eigenvalue weighted by Gasteiger charge is -2.20. The summed E-state index contributed by atoms with van der Waals surface area (Å²) in [5, 5.41) is 22.0. The van der Waals surface area contributed by atoms with Crippen LogP contribution in [0.1, 0.15) is 37.5 Å². The Morgan fingerprint density at radius 1 is 0.964 bits per heavy atom. The molecule has 2 aromatic heterocycles. The summed E-state index contributed by atoms with van der Waals surface area (Å²) in [6, 6.07) is 6.57. The number of aromatic nitrogens is 3. The van der Waals surface area contributed by atoms with Crippen molar-refractivity contribution in [3.8, 4) is 11.5 Å². The standard InChI is InChI=1S/C20H13N3O4.ClH/c24-17-11-3-1-2-4-12(11)18(25)15-14(17)19(26)13-10(7-22-16(13)20(15)27)8-23-6-5-21-9-23;/h1-7,9,22,24-25H,8H2;1H. The fraction of sp³-hybridized carbons (Fsp3) is 0.0500. The minimum atomic E-state index is -0.518. The molecule has 0 saturated carbocycles.